The van der Waals surface area contributed by atoms with E-state index in [1.165, 1.54) is 12.8 Å². The van der Waals surface area contributed by atoms with Crippen LogP contribution in [0.5, 0.6) is 0 Å². The second kappa shape index (κ2) is 7.71. The van der Waals surface area contributed by atoms with Crippen molar-refractivity contribution in [1.82, 2.24) is 0 Å². The smallest absolute Gasteiger partial charge is 0 e. The molecular formula is C7H15Ti. The summed E-state index contributed by atoms with van der Waals surface area (Å²) in [5.74, 6) is 0.863. The maximum atomic E-state index is 3.76. The van der Waals surface area contributed by atoms with Crippen molar-refractivity contribution in [1.29, 1.82) is 0 Å². The minimum atomic E-state index is 0. The molecule has 0 saturated carbocycles. The first kappa shape index (κ1) is 11.5. The van der Waals surface area contributed by atoms with E-state index in [0.29, 0.717) is 0 Å². The Kier molecular flexibility index (Phi) is 11.1. The van der Waals surface area contributed by atoms with Gasteiger partial charge in [0.05, 0.1) is 0 Å². The predicted octanol–water partition coefficient (Wildman–Crippen LogP) is 2.64. The van der Waals surface area contributed by atoms with E-state index in [9.17, 15) is 0 Å². The average Bonchev–Trinajstić information content (AvgIpc) is 1.61. The van der Waals surface area contributed by atoms with Gasteiger partial charge in [0.25, 0.3) is 0 Å². The van der Waals surface area contributed by atoms with Crippen molar-refractivity contribution in [2.45, 2.75) is 33.1 Å². The summed E-state index contributed by atoms with van der Waals surface area (Å²) in [4.78, 5) is 0. The molecule has 0 amide bonds. The van der Waals surface area contributed by atoms with Crippen molar-refractivity contribution in [3.63, 3.8) is 0 Å². The van der Waals surface area contributed by atoms with Crippen LogP contribution in [-0.2, 0) is 21.7 Å². The third-order valence-corrected chi connectivity index (χ3v) is 1.03. The van der Waals surface area contributed by atoms with Crippen LogP contribution in [0.1, 0.15) is 33.1 Å². The Hall–Kier alpha value is 0.714. The van der Waals surface area contributed by atoms with E-state index in [-0.39, 0.29) is 21.7 Å². The van der Waals surface area contributed by atoms with E-state index in [1.54, 1.807) is 0 Å². The van der Waals surface area contributed by atoms with Gasteiger partial charge in [-0.05, 0) is 5.92 Å². The van der Waals surface area contributed by atoms with Crippen molar-refractivity contribution in [2.75, 3.05) is 0 Å². The second-order valence-corrected chi connectivity index (χ2v) is 2.39. The van der Waals surface area contributed by atoms with Crippen molar-refractivity contribution >= 4 is 0 Å². The van der Waals surface area contributed by atoms with Gasteiger partial charge in [-0.15, -0.1) is 0 Å². The van der Waals surface area contributed by atoms with E-state index in [2.05, 4.69) is 20.8 Å². The third kappa shape index (κ3) is 9.86. The maximum absolute atomic E-state index is 3.76. The van der Waals surface area contributed by atoms with Gasteiger partial charge >= 0.3 is 0 Å². The minimum absolute atomic E-state index is 0. The molecule has 0 atom stereocenters. The van der Waals surface area contributed by atoms with E-state index >= 15 is 0 Å². The summed E-state index contributed by atoms with van der Waals surface area (Å²) < 4.78 is 0. The molecule has 0 saturated heterocycles. The maximum Gasteiger partial charge on any atom is 0 e. The van der Waals surface area contributed by atoms with Gasteiger partial charge < -0.3 is 0 Å². The quantitative estimate of drug-likeness (QED) is 0.538. The molecule has 0 aliphatic heterocycles. The molecule has 0 aromatic carbocycles. The van der Waals surface area contributed by atoms with Crippen LogP contribution in [0.25, 0.3) is 0 Å². The summed E-state index contributed by atoms with van der Waals surface area (Å²) in [6.45, 7) is 8.25. The monoisotopic (exact) mass is 147 g/mol. The molecular weight excluding hydrogens is 132 g/mol. The van der Waals surface area contributed by atoms with Gasteiger partial charge in [0.15, 0.2) is 0 Å². The first-order valence-corrected chi connectivity index (χ1v) is 3.06. The van der Waals surface area contributed by atoms with Crippen LogP contribution < -0.4 is 0 Å². The standard InChI is InChI=1S/C7H15.Ti/c1-4-5-6-7(2)3;/h7H,1,4-6H2,2-3H3;. The van der Waals surface area contributed by atoms with Crippen LogP contribution >= 0.6 is 0 Å². The molecule has 0 rings (SSSR count). The van der Waals surface area contributed by atoms with Crippen molar-refractivity contribution in [3.8, 4) is 0 Å². The molecule has 0 fully saturated rings. The summed E-state index contributed by atoms with van der Waals surface area (Å²) >= 11 is 0. The zero-order valence-electron chi connectivity index (χ0n) is 5.91. The predicted molar refractivity (Wildman–Crippen MR) is 34.0 cm³/mol. The molecule has 0 nitrogen and oxygen atoms in total. The van der Waals surface area contributed by atoms with Gasteiger partial charge in [-0.3, -0.25) is 0 Å². The van der Waals surface area contributed by atoms with Crippen LogP contribution in [0.4, 0.5) is 0 Å². The molecule has 0 N–H and O–H groups in total. The van der Waals surface area contributed by atoms with Crippen molar-refractivity contribution in [2.24, 2.45) is 5.92 Å². The van der Waals surface area contributed by atoms with Crippen LogP contribution in [0.15, 0.2) is 0 Å². The number of rotatable bonds is 3. The van der Waals surface area contributed by atoms with Gasteiger partial charge in [-0.1, -0.05) is 40.0 Å². The number of hydrogen-bond donors (Lipinski definition) is 0. The molecule has 0 aromatic heterocycles. The Bertz CT molecular complexity index is 33.4. The zero-order valence-corrected chi connectivity index (χ0v) is 7.47. The number of hydrogen-bond acceptors (Lipinski definition) is 0. The summed E-state index contributed by atoms with van der Waals surface area (Å²) in [7, 11) is 0. The molecule has 0 spiro atoms. The molecule has 47 valence electrons. The van der Waals surface area contributed by atoms with E-state index < -0.39 is 0 Å². The van der Waals surface area contributed by atoms with Gasteiger partial charge in [-0.25, -0.2) is 0 Å². The molecule has 1 heteroatoms. The van der Waals surface area contributed by atoms with Crippen LogP contribution in [0, 0.1) is 12.8 Å². The SMILES string of the molecule is [CH2]CCCC(C)C.[Ti]. The molecule has 0 bridgehead atoms. The topological polar surface area (TPSA) is 0 Å². The van der Waals surface area contributed by atoms with Gasteiger partial charge in [-0.2, -0.15) is 0 Å². The fraction of sp³-hybridized carbons (Fsp3) is 0.857. The molecule has 8 heavy (non-hydrogen) atoms. The van der Waals surface area contributed by atoms with Gasteiger partial charge in [0, 0.05) is 21.7 Å². The largest absolute Gasteiger partial charge is 0.0628 e. The average molecular weight is 147 g/mol. The Balaban J connectivity index is 0. The van der Waals surface area contributed by atoms with E-state index in [4.69, 9.17) is 0 Å². The summed E-state index contributed by atoms with van der Waals surface area (Å²) in [6.07, 6.45) is 3.72. The zero-order chi connectivity index (χ0) is 5.70. The second-order valence-electron chi connectivity index (χ2n) is 2.39. The molecule has 0 unspecified atom stereocenters. The Morgan fingerprint density at radius 1 is 1.38 bits per heavy atom. The Morgan fingerprint density at radius 2 is 1.88 bits per heavy atom. The molecule has 0 aliphatic rings. The fourth-order valence-electron chi connectivity index (χ4n) is 0.553. The minimum Gasteiger partial charge on any atom is -0.0628 e. The first-order valence-electron chi connectivity index (χ1n) is 3.06. The third-order valence-electron chi connectivity index (χ3n) is 1.03. The Morgan fingerprint density at radius 3 is 2.00 bits per heavy atom. The van der Waals surface area contributed by atoms with Crippen molar-refractivity contribution in [3.05, 3.63) is 6.92 Å². The number of unbranched alkanes of at least 4 members (excludes halogenated alkanes) is 1. The summed E-state index contributed by atoms with van der Waals surface area (Å²) in [6, 6.07) is 0. The first-order chi connectivity index (χ1) is 3.27. The molecule has 0 aromatic rings. The van der Waals surface area contributed by atoms with Crippen molar-refractivity contribution < 1.29 is 21.7 Å². The molecule has 1 radical (unpaired) electrons. The summed E-state index contributed by atoms with van der Waals surface area (Å²) in [5.41, 5.74) is 0. The fourth-order valence-corrected chi connectivity index (χ4v) is 0.553. The van der Waals surface area contributed by atoms with E-state index in [0.717, 1.165) is 12.3 Å². The van der Waals surface area contributed by atoms with Gasteiger partial charge in [0.2, 0.25) is 0 Å². The van der Waals surface area contributed by atoms with Crippen LogP contribution in [0.3, 0.4) is 0 Å². The van der Waals surface area contributed by atoms with Gasteiger partial charge in [0.1, 0.15) is 0 Å². The normalized spacial score (nSPS) is 9.00. The van der Waals surface area contributed by atoms with Crippen LogP contribution in [-0.4, -0.2) is 0 Å². The molecule has 0 aliphatic carbocycles. The Labute approximate surface area is 67.9 Å². The van der Waals surface area contributed by atoms with E-state index in [1.807, 2.05) is 0 Å². The molecule has 0 heterocycles. The van der Waals surface area contributed by atoms with Crippen LogP contribution in [0.2, 0.25) is 0 Å². The summed E-state index contributed by atoms with van der Waals surface area (Å²) in [5, 5.41) is 0.